The maximum Gasteiger partial charge on any atom is 0.316 e. The summed E-state index contributed by atoms with van der Waals surface area (Å²) in [5.74, 6) is 2.51. The number of nitrogens with two attached hydrogens (primary N) is 1. The first-order valence-electron chi connectivity index (χ1n) is 10.4. The summed E-state index contributed by atoms with van der Waals surface area (Å²) in [6, 6.07) is 0. The van der Waals surface area contributed by atoms with Crippen molar-refractivity contribution < 1.29 is 14.3 Å². The third-order valence-electron chi connectivity index (χ3n) is 5.83. The summed E-state index contributed by atoms with van der Waals surface area (Å²) in [5, 5.41) is 9.19. The van der Waals surface area contributed by atoms with E-state index >= 15 is 0 Å². The molecule has 1 amide bonds. The van der Waals surface area contributed by atoms with E-state index in [1.807, 2.05) is 4.57 Å². The Balaban J connectivity index is 1.58. The van der Waals surface area contributed by atoms with Crippen molar-refractivity contribution in [1.29, 1.82) is 0 Å². The van der Waals surface area contributed by atoms with Gasteiger partial charge in [-0.3, -0.25) is 9.59 Å². The van der Waals surface area contributed by atoms with Crippen molar-refractivity contribution in [3.8, 4) is 0 Å². The van der Waals surface area contributed by atoms with Crippen LogP contribution in [-0.2, 0) is 20.9 Å². The standard InChI is InChI=1S/C20H32N4O3S/c1-12(2)15-7-4-13(3)10-16(15)27-18(26)11-28-20-23-22-19(14-5-6-14)24(20)9-8-17(21)25/h12-16H,4-11H2,1-3H3,(H2,21,25). The summed E-state index contributed by atoms with van der Waals surface area (Å²) in [4.78, 5) is 23.7. The highest BCUT2D eigenvalue weighted by Crippen LogP contribution is 2.40. The van der Waals surface area contributed by atoms with E-state index in [0.29, 0.717) is 35.4 Å². The molecule has 0 spiro atoms. The second kappa shape index (κ2) is 9.29. The van der Waals surface area contributed by atoms with Gasteiger partial charge in [0.05, 0.1) is 5.75 Å². The Morgan fingerprint density at radius 2 is 2.00 bits per heavy atom. The second-order valence-corrected chi connectivity index (χ2v) is 9.57. The minimum atomic E-state index is -0.350. The molecular weight excluding hydrogens is 376 g/mol. The number of hydrogen-bond donors (Lipinski definition) is 1. The molecule has 1 aromatic heterocycles. The summed E-state index contributed by atoms with van der Waals surface area (Å²) >= 11 is 1.33. The Kier molecular flexibility index (Phi) is 7.01. The molecule has 2 fully saturated rings. The molecule has 7 nitrogen and oxygen atoms in total. The number of hydrogen-bond acceptors (Lipinski definition) is 6. The number of aromatic nitrogens is 3. The first-order valence-corrected chi connectivity index (χ1v) is 11.4. The van der Waals surface area contributed by atoms with Gasteiger partial charge in [-0.25, -0.2) is 0 Å². The van der Waals surface area contributed by atoms with Gasteiger partial charge in [0.1, 0.15) is 11.9 Å². The van der Waals surface area contributed by atoms with Crippen LogP contribution in [0.25, 0.3) is 0 Å². The number of nitrogens with zero attached hydrogens (tertiary/aromatic N) is 3. The molecule has 0 radical (unpaired) electrons. The summed E-state index contributed by atoms with van der Waals surface area (Å²) in [6.07, 6.45) is 5.71. The van der Waals surface area contributed by atoms with Gasteiger partial charge in [-0.15, -0.1) is 10.2 Å². The van der Waals surface area contributed by atoms with Crippen LogP contribution in [0.3, 0.4) is 0 Å². The number of esters is 1. The minimum absolute atomic E-state index is 0.00612. The molecule has 1 heterocycles. The molecular formula is C20H32N4O3S. The predicted octanol–water partition coefficient (Wildman–Crippen LogP) is 3.13. The largest absolute Gasteiger partial charge is 0.461 e. The minimum Gasteiger partial charge on any atom is -0.461 e. The molecule has 0 bridgehead atoms. The number of carbonyl (C=O) groups is 2. The fourth-order valence-corrected chi connectivity index (χ4v) is 4.81. The molecule has 3 unspecified atom stereocenters. The number of thioether (sulfide) groups is 1. The van der Waals surface area contributed by atoms with E-state index < -0.39 is 0 Å². The van der Waals surface area contributed by atoms with Crippen molar-refractivity contribution in [3.63, 3.8) is 0 Å². The second-order valence-electron chi connectivity index (χ2n) is 8.63. The maximum absolute atomic E-state index is 12.5. The van der Waals surface area contributed by atoms with E-state index in [0.717, 1.165) is 31.5 Å². The van der Waals surface area contributed by atoms with Gasteiger partial charge in [-0.05, 0) is 43.4 Å². The fourth-order valence-electron chi connectivity index (χ4n) is 4.06. The van der Waals surface area contributed by atoms with Crippen molar-refractivity contribution in [1.82, 2.24) is 14.8 Å². The monoisotopic (exact) mass is 408 g/mol. The Labute approximate surface area is 171 Å². The van der Waals surface area contributed by atoms with Crippen molar-refractivity contribution in [2.45, 2.75) is 83.0 Å². The van der Waals surface area contributed by atoms with E-state index in [1.54, 1.807) is 0 Å². The van der Waals surface area contributed by atoms with Crippen LogP contribution in [0.2, 0.25) is 0 Å². The van der Waals surface area contributed by atoms with Crippen LogP contribution in [-0.4, -0.2) is 38.5 Å². The zero-order valence-corrected chi connectivity index (χ0v) is 17.9. The molecule has 0 saturated heterocycles. The van der Waals surface area contributed by atoms with Gasteiger partial charge in [0.25, 0.3) is 0 Å². The average molecular weight is 409 g/mol. The van der Waals surface area contributed by atoms with Crippen LogP contribution in [0.4, 0.5) is 0 Å². The molecule has 8 heteroatoms. The van der Waals surface area contributed by atoms with E-state index in [9.17, 15) is 9.59 Å². The smallest absolute Gasteiger partial charge is 0.316 e. The van der Waals surface area contributed by atoms with Crippen LogP contribution >= 0.6 is 11.8 Å². The van der Waals surface area contributed by atoms with Crippen molar-refractivity contribution in [2.75, 3.05) is 5.75 Å². The molecule has 2 N–H and O–H groups in total. The van der Waals surface area contributed by atoms with Crippen molar-refractivity contribution in [2.24, 2.45) is 23.5 Å². The molecule has 1 aromatic rings. The van der Waals surface area contributed by atoms with Gasteiger partial charge in [0, 0.05) is 18.9 Å². The lowest BCUT2D eigenvalue weighted by molar-refractivity contribution is -0.152. The maximum atomic E-state index is 12.5. The van der Waals surface area contributed by atoms with Crippen molar-refractivity contribution in [3.05, 3.63) is 5.82 Å². The summed E-state index contributed by atoms with van der Waals surface area (Å²) in [6.45, 7) is 7.10. The molecule has 0 aliphatic heterocycles. The van der Waals surface area contributed by atoms with Crippen LogP contribution in [0.1, 0.15) is 71.0 Å². The molecule has 3 rings (SSSR count). The number of amides is 1. The topological polar surface area (TPSA) is 100 Å². The van der Waals surface area contributed by atoms with Crippen molar-refractivity contribution >= 4 is 23.6 Å². The summed E-state index contributed by atoms with van der Waals surface area (Å²) in [7, 11) is 0. The zero-order chi connectivity index (χ0) is 20.3. The SMILES string of the molecule is CC1CCC(C(C)C)C(OC(=O)CSc2nnc(C3CC3)n2CCC(N)=O)C1. The first-order chi connectivity index (χ1) is 13.3. The van der Waals surface area contributed by atoms with E-state index in [-0.39, 0.29) is 30.2 Å². The third kappa shape index (κ3) is 5.49. The fraction of sp³-hybridized carbons (Fsp3) is 0.800. The molecule has 2 aliphatic rings. The van der Waals surface area contributed by atoms with Gasteiger partial charge in [0.15, 0.2) is 5.16 Å². The molecule has 0 aromatic carbocycles. The van der Waals surface area contributed by atoms with Crippen LogP contribution < -0.4 is 5.73 Å². The molecule has 2 saturated carbocycles. The highest BCUT2D eigenvalue weighted by atomic mass is 32.2. The van der Waals surface area contributed by atoms with Crippen LogP contribution in [0.15, 0.2) is 5.16 Å². The van der Waals surface area contributed by atoms with Crippen LogP contribution in [0, 0.1) is 17.8 Å². The van der Waals surface area contributed by atoms with Gasteiger partial charge in [-0.1, -0.05) is 39.0 Å². The number of ether oxygens (including phenoxy) is 1. The average Bonchev–Trinajstić information content (AvgIpc) is 3.38. The first kappa shape index (κ1) is 21.1. The number of carbonyl (C=O) groups excluding carboxylic acids is 2. The molecule has 2 aliphatic carbocycles. The van der Waals surface area contributed by atoms with Gasteiger partial charge in [-0.2, -0.15) is 0 Å². The Morgan fingerprint density at radius 3 is 2.64 bits per heavy atom. The van der Waals surface area contributed by atoms with E-state index in [2.05, 4.69) is 31.0 Å². The van der Waals surface area contributed by atoms with Gasteiger partial charge >= 0.3 is 5.97 Å². The highest BCUT2D eigenvalue weighted by molar-refractivity contribution is 7.99. The Morgan fingerprint density at radius 1 is 1.25 bits per heavy atom. The molecule has 28 heavy (non-hydrogen) atoms. The number of primary amides is 1. The summed E-state index contributed by atoms with van der Waals surface area (Å²) in [5.41, 5.74) is 5.30. The Bertz CT molecular complexity index is 702. The lowest BCUT2D eigenvalue weighted by Crippen LogP contribution is -2.36. The molecule has 3 atom stereocenters. The normalized spacial score (nSPS) is 25.1. The molecule has 156 valence electrons. The quantitative estimate of drug-likeness (QED) is 0.498. The zero-order valence-electron chi connectivity index (χ0n) is 17.1. The van der Waals surface area contributed by atoms with Gasteiger partial charge in [0.2, 0.25) is 5.91 Å². The van der Waals surface area contributed by atoms with Gasteiger partial charge < -0.3 is 15.0 Å². The van der Waals surface area contributed by atoms with E-state index in [4.69, 9.17) is 10.5 Å². The lowest BCUT2D eigenvalue weighted by Gasteiger charge is -2.36. The lowest BCUT2D eigenvalue weighted by atomic mass is 9.75. The van der Waals surface area contributed by atoms with Crippen LogP contribution in [0.5, 0.6) is 0 Å². The summed E-state index contributed by atoms with van der Waals surface area (Å²) < 4.78 is 7.82. The third-order valence-corrected chi connectivity index (χ3v) is 6.77. The predicted molar refractivity (Wildman–Crippen MR) is 108 cm³/mol. The Hall–Kier alpha value is -1.57. The highest BCUT2D eigenvalue weighted by Gasteiger charge is 2.34. The number of rotatable bonds is 9. The van der Waals surface area contributed by atoms with E-state index in [1.165, 1.54) is 18.2 Å².